The number of fused-ring (bicyclic) bond motifs is 4. The van der Waals surface area contributed by atoms with Crippen LogP contribution >= 0.6 is 0 Å². The SMILES string of the molecule is CC#CC[C@@]12CCC[C@H]1[C@@H]1C[C@H](OS(=O)(=O)c3ccc(C)cc3)C3=CC(=O)CCC3=C1CC2. The maximum Gasteiger partial charge on any atom is 0.297 e. The fourth-order valence-electron chi connectivity index (χ4n) is 6.89. The molecule has 0 aliphatic heterocycles. The van der Waals surface area contributed by atoms with E-state index >= 15 is 0 Å². The summed E-state index contributed by atoms with van der Waals surface area (Å²) in [6.07, 6.45) is 9.61. The van der Waals surface area contributed by atoms with Gasteiger partial charge in [-0.2, -0.15) is 8.42 Å². The highest BCUT2D eigenvalue weighted by molar-refractivity contribution is 7.86. The van der Waals surface area contributed by atoms with Crippen LogP contribution in [-0.4, -0.2) is 20.3 Å². The molecule has 0 bridgehead atoms. The number of benzene rings is 1. The lowest BCUT2D eigenvalue weighted by atomic mass is 9.56. The molecule has 1 aromatic carbocycles. The maximum atomic E-state index is 13.2. The van der Waals surface area contributed by atoms with Crippen molar-refractivity contribution >= 4 is 15.9 Å². The highest BCUT2D eigenvalue weighted by atomic mass is 32.2. The van der Waals surface area contributed by atoms with E-state index in [1.54, 1.807) is 30.3 Å². The van der Waals surface area contributed by atoms with E-state index in [0.717, 1.165) is 30.4 Å². The predicted molar refractivity (Wildman–Crippen MR) is 128 cm³/mol. The van der Waals surface area contributed by atoms with Gasteiger partial charge in [0.25, 0.3) is 10.1 Å². The highest BCUT2D eigenvalue weighted by Crippen LogP contribution is 2.61. The van der Waals surface area contributed by atoms with Crippen molar-refractivity contribution in [1.29, 1.82) is 0 Å². The largest absolute Gasteiger partial charge is 0.297 e. The molecule has 2 fully saturated rings. The Morgan fingerprint density at radius 2 is 1.91 bits per heavy atom. The third-order valence-corrected chi connectivity index (χ3v) is 9.80. The molecule has 0 heterocycles. The molecule has 4 aliphatic carbocycles. The van der Waals surface area contributed by atoms with Gasteiger partial charge < -0.3 is 0 Å². The minimum Gasteiger partial charge on any atom is -0.295 e. The molecular formula is C28H32O4S. The zero-order valence-electron chi connectivity index (χ0n) is 19.5. The van der Waals surface area contributed by atoms with Gasteiger partial charge in [-0.15, -0.1) is 11.8 Å². The number of hydrogen-bond donors (Lipinski definition) is 0. The molecule has 1 aromatic rings. The lowest BCUT2D eigenvalue weighted by Crippen LogP contribution is -2.42. The van der Waals surface area contributed by atoms with Gasteiger partial charge in [0.1, 0.15) is 6.10 Å². The topological polar surface area (TPSA) is 60.4 Å². The summed E-state index contributed by atoms with van der Waals surface area (Å²) >= 11 is 0. The summed E-state index contributed by atoms with van der Waals surface area (Å²) in [5.74, 6) is 7.36. The van der Waals surface area contributed by atoms with Gasteiger partial charge in [-0.3, -0.25) is 8.98 Å². The van der Waals surface area contributed by atoms with Crippen LogP contribution in [0, 0.1) is 36.0 Å². The van der Waals surface area contributed by atoms with Crippen molar-refractivity contribution in [2.24, 2.45) is 17.3 Å². The molecule has 4 aliphatic rings. The van der Waals surface area contributed by atoms with E-state index < -0.39 is 16.2 Å². The first-order valence-electron chi connectivity index (χ1n) is 12.2. The van der Waals surface area contributed by atoms with E-state index in [-0.39, 0.29) is 16.1 Å². The Balaban J connectivity index is 1.52. The van der Waals surface area contributed by atoms with Crippen LogP contribution in [0.5, 0.6) is 0 Å². The minimum absolute atomic E-state index is 0.0679. The number of allylic oxidation sites excluding steroid dienone is 2. The van der Waals surface area contributed by atoms with Gasteiger partial charge in [0.15, 0.2) is 5.78 Å². The van der Waals surface area contributed by atoms with Crippen LogP contribution in [0.3, 0.4) is 0 Å². The van der Waals surface area contributed by atoms with Gasteiger partial charge in [-0.25, -0.2) is 0 Å². The molecule has 4 atom stereocenters. The van der Waals surface area contributed by atoms with E-state index in [1.165, 1.54) is 30.4 Å². The standard InChI is InChI=1S/C28H32O4S/c1-3-4-14-28-15-5-6-26(28)24-18-27(32-33(30,31)21-10-7-19(2)8-11-21)25-17-20(29)9-12-22(25)23(24)13-16-28/h7-8,10-11,17,24,26-27H,5-6,9,12-16,18H2,1-2H3/t24-,26+,27+,28+/m1/s1. The summed E-state index contributed by atoms with van der Waals surface area (Å²) in [7, 11) is -3.93. The first kappa shape index (κ1) is 22.6. The lowest BCUT2D eigenvalue weighted by molar-refractivity contribution is -0.114. The Labute approximate surface area is 197 Å². The molecule has 0 unspecified atom stereocenters. The first-order chi connectivity index (χ1) is 15.8. The van der Waals surface area contributed by atoms with Crippen LogP contribution in [0.4, 0.5) is 0 Å². The molecule has 5 heteroatoms. The fraction of sp³-hybridized carbons (Fsp3) is 0.536. The van der Waals surface area contributed by atoms with E-state index in [2.05, 4.69) is 11.8 Å². The molecule has 0 radical (unpaired) electrons. The molecule has 4 nitrogen and oxygen atoms in total. The van der Waals surface area contributed by atoms with Crippen LogP contribution in [0.1, 0.15) is 70.3 Å². The van der Waals surface area contributed by atoms with E-state index in [4.69, 9.17) is 4.18 Å². The molecule has 0 saturated heterocycles. The quantitative estimate of drug-likeness (QED) is 0.426. The molecule has 5 rings (SSSR count). The molecular weight excluding hydrogens is 432 g/mol. The summed E-state index contributed by atoms with van der Waals surface area (Å²) in [6.45, 7) is 3.84. The number of aryl methyl sites for hydroxylation is 1. The van der Waals surface area contributed by atoms with Gasteiger partial charge >= 0.3 is 0 Å². The van der Waals surface area contributed by atoms with E-state index in [9.17, 15) is 13.2 Å². The Morgan fingerprint density at radius 1 is 1.12 bits per heavy atom. The molecule has 2 saturated carbocycles. The van der Waals surface area contributed by atoms with E-state index in [1.807, 2.05) is 13.8 Å². The first-order valence-corrected chi connectivity index (χ1v) is 13.6. The van der Waals surface area contributed by atoms with Crippen molar-refractivity contribution < 1.29 is 17.4 Å². The van der Waals surface area contributed by atoms with Gasteiger partial charge in [-0.05, 0) is 99.0 Å². The van der Waals surface area contributed by atoms with Gasteiger partial charge in [-0.1, -0.05) is 29.7 Å². The van der Waals surface area contributed by atoms with Crippen LogP contribution in [0.15, 0.2) is 52.0 Å². The second-order valence-corrected chi connectivity index (χ2v) is 11.8. The number of ketones is 1. The normalized spacial score (nSPS) is 31.2. The second kappa shape index (κ2) is 8.56. The molecule has 0 spiro atoms. The van der Waals surface area contributed by atoms with Crippen molar-refractivity contribution in [2.75, 3.05) is 0 Å². The van der Waals surface area contributed by atoms with Crippen LogP contribution in [-0.2, 0) is 19.1 Å². The van der Waals surface area contributed by atoms with E-state index in [0.29, 0.717) is 31.1 Å². The number of rotatable bonds is 4. The smallest absolute Gasteiger partial charge is 0.295 e. The van der Waals surface area contributed by atoms with Crippen molar-refractivity contribution in [3.05, 3.63) is 52.6 Å². The molecule has 0 N–H and O–H groups in total. The summed E-state index contributed by atoms with van der Waals surface area (Å²) in [4.78, 5) is 12.5. The van der Waals surface area contributed by atoms with Gasteiger partial charge in [0, 0.05) is 12.8 Å². The minimum atomic E-state index is -3.93. The highest BCUT2D eigenvalue weighted by Gasteiger charge is 2.52. The number of carbonyl (C=O) groups is 1. The van der Waals surface area contributed by atoms with Crippen LogP contribution < -0.4 is 0 Å². The van der Waals surface area contributed by atoms with Crippen LogP contribution in [0.2, 0.25) is 0 Å². The summed E-state index contributed by atoms with van der Waals surface area (Å²) in [5, 5.41) is 0. The van der Waals surface area contributed by atoms with Crippen LogP contribution in [0.25, 0.3) is 0 Å². The monoisotopic (exact) mass is 464 g/mol. The van der Waals surface area contributed by atoms with Crippen molar-refractivity contribution in [1.82, 2.24) is 0 Å². The predicted octanol–water partition coefficient (Wildman–Crippen LogP) is 5.67. The lowest BCUT2D eigenvalue weighted by Gasteiger charge is -2.49. The second-order valence-electron chi connectivity index (χ2n) is 10.2. The van der Waals surface area contributed by atoms with Gasteiger partial charge in [0.2, 0.25) is 0 Å². The Bertz CT molecular complexity index is 1190. The molecule has 33 heavy (non-hydrogen) atoms. The third kappa shape index (κ3) is 4.02. The number of carbonyl (C=O) groups excluding carboxylic acids is 1. The average Bonchev–Trinajstić information content (AvgIpc) is 3.22. The van der Waals surface area contributed by atoms with Crippen molar-refractivity contribution in [3.8, 4) is 11.8 Å². The molecule has 174 valence electrons. The Kier molecular flexibility index (Phi) is 5.87. The average molecular weight is 465 g/mol. The zero-order valence-corrected chi connectivity index (χ0v) is 20.3. The van der Waals surface area contributed by atoms with Crippen molar-refractivity contribution in [3.63, 3.8) is 0 Å². The zero-order chi connectivity index (χ0) is 23.2. The maximum absolute atomic E-state index is 13.2. The third-order valence-electron chi connectivity index (χ3n) is 8.46. The summed E-state index contributed by atoms with van der Waals surface area (Å²) < 4.78 is 32.3. The molecule has 0 aromatic heterocycles. The Hall–Kier alpha value is -2.16. The fourth-order valence-corrected chi connectivity index (χ4v) is 7.96. The number of hydrogen-bond acceptors (Lipinski definition) is 4. The molecule has 0 amide bonds. The van der Waals surface area contributed by atoms with Crippen molar-refractivity contribution in [2.45, 2.75) is 82.6 Å². The Morgan fingerprint density at radius 3 is 2.67 bits per heavy atom. The summed E-state index contributed by atoms with van der Waals surface area (Å²) in [5.41, 5.74) is 4.72. The summed E-state index contributed by atoms with van der Waals surface area (Å²) in [6, 6.07) is 6.77. The van der Waals surface area contributed by atoms with Gasteiger partial charge in [0.05, 0.1) is 4.90 Å².